The molecule has 2 N–H and O–H groups in total. The van der Waals surface area contributed by atoms with Crippen LogP contribution in [0.1, 0.15) is 50.4 Å². The third-order valence-corrected chi connectivity index (χ3v) is 5.98. The molecule has 0 aliphatic carbocycles. The molecule has 0 bridgehead atoms. The van der Waals surface area contributed by atoms with Crippen LogP contribution in [0, 0.1) is 0 Å². The standard InChI is InChI=1S/C17H26N2O5S/c1-5-6-10-15(17(21)22)18-16(20)13-8-7-9-14(11-13)25(23,24)19(4)12(2)3/h7-9,11-12,15H,5-6,10H2,1-4H3,(H,18,20)(H,21,22). The van der Waals surface area contributed by atoms with E-state index in [4.69, 9.17) is 0 Å². The molecule has 25 heavy (non-hydrogen) atoms. The summed E-state index contributed by atoms with van der Waals surface area (Å²) in [6.45, 7) is 5.43. The third-order valence-electron chi connectivity index (χ3n) is 3.95. The van der Waals surface area contributed by atoms with Crippen molar-refractivity contribution in [1.82, 2.24) is 9.62 Å². The first-order valence-electron chi connectivity index (χ1n) is 8.23. The molecule has 0 saturated heterocycles. The number of aliphatic carboxylic acids is 1. The van der Waals surface area contributed by atoms with Gasteiger partial charge in [-0.2, -0.15) is 4.31 Å². The summed E-state index contributed by atoms with van der Waals surface area (Å²) < 4.78 is 26.3. The van der Waals surface area contributed by atoms with Gasteiger partial charge >= 0.3 is 5.97 Å². The molecule has 1 atom stereocenters. The van der Waals surface area contributed by atoms with Crippen LogP contribution in [0.2, 0.25) is 0 Å². The van der Waals surface area contributed by atoms with E-state index in [1.54, 1.807) is 13.8 Å². The maximum Gasteiger partial charge on any atom is 0.326 e. The van der Waals surface area contributed by atoms with Gasteiger partial charge in [0.05, 0.1) is 4.90 Å². The van der Waals surface area contributed by atoms with Crippen molar-refractivity contribution in [1.29, 1.82) is 0 Å². The molecule has 0 fully saturated rings. The van der Waals surface area contributed by atoms with Crippen molar-refractivity contribution in [2.45, 2.75) is 57.0 Å². The molecule has 0 radical (unpaired) electrons. The van der Waals surface area contributed by atoms with E-state index in [0.29, 0.717) is 12.8 Å². The maximum absolute atomic E-state index is 12.5. The van der Waals surface area contributed by atoms with Crippen molar-refractivity contribution < 1.29 is 23.1 Å². The zero-order chi connectivity index (χ0) is 19.2. The largest absolute Gasteiger partial charge is 0.480 e. The van der Waals surface area contributed by atoms with E-state index in [1.165, 1.54) is 35.6 Å². The zero-order valence-electron chi connectivity index (χ0n) is 15.0. The molecule has 0 heterocycles. The topological polar surface area (TPSA) is 104 Å². The van der Waals surface area contributed by atoms with Crippen LogP contribution < -0.4 is 5.32 Å². The second-order valence-corrected chi connectivity index (χ2v) is 8.15. The van der Waals surface area contributed by atoms with Crippen molar-refractivity contribution in [3.8, 4) is 0 Å². The lowest BCUT2D eigenvalue weighted by Crippen LogP contribution is -2.40. The molecule has 8 heteroatoms. The van der Waals surface area contributed by atoms with Crippen molar-refractivity contribution >= 4 is 21.9 Å². The molecule has 1 aromatic rings. The molecular formula is C17H26N2O5S. The zero-order valence-corrected chi connectivity index (χ0v) is 15.8. The fourth-order valence-electron chi connectivity index (χ4n) is 2.15. The van der Waals surface area contributed by atoms with E-state index >= 15 is 0 Å². The number of carbonyl (C=O) groups is 2. The number of carboxylic acids is 1. The molecule has 1 rings (SSSR count). The fourth-order valence-corrected chi connectivity index (χ4v) is 3.56. The number of carboxylic acid groups (broad SMARTS) is 1. The van der Waals surface area contributed by atoms with Gasteiger partial charge in [-0.1, -0.05) is 25.8 Å². The Kier molecular flexibility index (Phi) is 7.57. The Hall–Kier alpha value is -1.93. The SMILES string of the molecule is CCCCC(NC(=O)c1cccc(S(=O)(=O)N(C)C(C)C)c1)C(=O)O. The summed E-state index contributed by atoms with van der Waals surface area (Å²) in [7, 11) is -2.25. The van der Waals surface area contributed by atoms with Crippen molar-refractivity contribution in [3.05, 3.63) is 29.8 Å². The Balaban J connectivity index is 3.04. The maximum atomic E-state index is 12.5. The summed E-state index contributed by atoms with van der Waals surface area (Å²) in [6.07, 6.45) is 1.81. The normalized spacial score (nSPS) is 13.0. The molecule has 0 aliphatic heterocycles. The molecule has 0 aromatic heterocycles. The van der Waals surface area contributed by atoms with Crippen LogP contribution >= 0.6 is 0 Å². The second-order valence-electron chi connectivity index (χ2n) is 6.15. The smallest absolute Gasteiger partial charge is 0.326 e. The van der Waals surface area contributed by atoms with Crippen molar-refractivity contribution in [2.24, 2.45) is 0 Å². The number of amides is 1. The Morgan fingerprint density at radius 2 is 1.92 bits per heavy atom. The highest BCUT2D eigenvalue weighted by Crippen LogP contribution is 2.18. The summed E-state index contributed by atoms with van der Waals surface area (Å²) >= 11 is 0. The predicted octanol–water partition coefficient (Wildman–Crippen LogP) is 2.09. The molecule has 0 saturated carbocycles. The first kappa shape index (κ1) is 21.1. The minimum Gasteiger partial charge on any atom is -0.480 e. The summed E-state index contributed by atoms with van der Waals surface area (Å²) in [5, 5.41) is 11.6. The molecule has 140 valence electrons. The second kappa shape index (κ2) is 8.96. The van der Waals surface area contributed by atoms with Gasteiger partial charge in [0.1, 0.15) is 6.04 Å². The average molecular weight is 370 g/mol. The van der Waals surface area contributed by atoms with Gasteiger partial charge in [-0.25, -0.2) is 13.2 Å². The quantitative estimate of drug-likeness (QED) is 0.693. The van der Waals surface area contributed by atoms with Gasteiger partial charge in [0.15, 0.2) is 0 Å². The summed E-state index contributed by atoms with van der Waals surface area (Å²) in [4.78, 5) is 23.6. The number of unbranched alkanes of at least 4 members (excludes halogenated alkanes) is 1. The Morgan fingerprint density at radius 3 is 2.44 bits per heavy atom. The summed E-state index contributed by atoms with van der Waals surface area (Å²) in [6, 6.07) is 4.39. The lowest BCUT2D eigenvalue weighted by molar-refractivity contribution is -0.139. The summed E-state index contributed by atoms with van der Waals surface area (Å²) in [5.41, 5.74) is 0.112. The van der Waals surface area contributed by atoms with Crippen molar-refractivity contribution in [2.75, 3.05) is 7.05 Å². The van der Waals surface area contributed by atoms with E-state index in [0.717, 1.165) is 6.42 Å². The monoisotopic (exact) mass is 370 g/mol. The lowest BCUT2D eigenvalue weighted by Gasteiger charge is -2.21. The van der Waals surface area contributed by atoms with Gasteiger partial charge in [-0.15, -0.1) is 0 Å². The lowest BCUT2D eigenvalue weighted by atomic mass is 10.1. The summed E-state index contributed by atoms with van der Waals surface area (Å²) in [5.74, 6) is -1.71. The van der Waals surface area contributed by atoms with Crippen LogP contribution in [0.25, 0.3) is 0 Å². The van der Waals surface area contributed by atoms with E-state index in [2.05, 4.69) is 5.32 Å². The highest BCUT2D eigenvalue weighted by atomic mass is 32.2. The number of nitrogens with one attached hydrogen (secondary N) is 1. The number of nitrogens with zero attached hydrogens (tertiary/aromatic N) is 1. The van der Waals surface area contributed by atoms with Crippen LogP contribution in [-0.4, -0.2) is 48.8 Å². The Morgan fingerprint density at radius 1 is 1.28 bits per heavy atom. The average Bonchev–Trinajstić information content (AvgIpc) is 2.57. The minimum atomic E-state index is -3.72. The molecule has 0 spiro atoms. The Labute approximate surface area is 149 Å². The molecular weight excluding hydrogens is 344 g/mol. The van der Waals surface area contributed by atoms with Crippen molar-refractivity contribution in [3.63, 3.8) is 0 Å². The third kappa shape index (κ3) is 5.54. The van der Waals surface area contributed by atoms with E-state index in [-0.39, 0.29) is 16.5 Å². The van der Waals surface area contributed by atoms with Crippen LogP contribution in [0.5, 0.6) is 0 Å². The van der Waals surface area contributed by atoms with Gasteiger partial charge in [0.2, 0.25) is 10.0 Å². The van der Waals surface area contributed by atoms with Gasteiger partial charge in [-0.3, -0.25) is 4.79 Å². The molecule has 0 aliphatic rings. The molecule has 1 amide bonds. The predicted molar refractivity (Wildman–Crippen MR) is 94.9 cm³/mol. The number of hydrogen-bond acceptors (Lipinski definition) is 4. The van der Waals surface area contributed by atoms with E-state index in [9.17, 15) is 23.1 Å². The highest BCUT2D eigenvalue weighted by Gasteiger charge is 2.25. The number of hydrogen-bond donors (Lipinski definition) is 2. The number of carbonyl (C=O) groups excluding carboxylic acids is 1. The minimum absolute atomic E-state index is 0.00298. The van der Waals surface area contributed by atoms with Gasteiger partial charge in [0.25, 0.3) is 5.91 Å². The highest BCUT2D eigenvalue weighted by molar-refractivity contribution is 7.89. The molecule has 7 nitrogen and oxygen atoms in total. The van der Waals surface area contributed by atoms with Crippen LogP contribution in [0.4, 0.5) is 0 Å². The van der Waals surface area contributed by atoms with Crippen LogP contribution in [0.3, 0.4) is 0 Å². The van der Waals surface area contributed by atoms with Crippen LogP contribution in [0.15, 0.2) is 29.2 Å². The fraction of sp³-hybridized carbons (Fsp3) is 0.529. The van der Waals surface area contributed by atoms with Crippen LogP contribution in [-0.2, 0) is 14.8 Å². The number of sulfonamides is 1. The first-order valence-corrected chi connectivity index (χ1v) is 9.67. The van der Waals surface area contributed by atoms with E-state index in [1.807, 2.05) is 6.92 Å². The number of benzene rings is 1. The van der Waals surface area contributed by atoms with E-state index < -0.39 is 27.9 Å². The number of rotatable bonds is 9. The van der Waals surface area contributed by atoms with Gasteiger partial charge in [-0.05, 0) is 38.5 Å². The van der Waals surface area contributed by atoms with Gasteiger partial charge in [0, 0.05) is 18.7 Å². The van der Waals surface area contributed by atoms with Gasteiger partial charge < -0.3 is 10.4 Å². The molecule has 1 unspecified atom stereocenters. The Bertz CT molecular complexity index is 716. The molecule has 1 aromatic carbocycles. The first-order chi connectivity index (χ1) is 11.6.